The maximum absolute atomic E-state index is 12.4. The van der Waals surface area contributed by atoms with E-state index in [1.165, 1.54) is 5.56 Å². The number of carboxylic acid groups (broad SMARTS) is 1. The number of anilines is 1. The molecule has 0 aromatic carbocycles. The maximum atomic E-state index is 12.4. The number of nitrogens with zero attached hydrogens (tertiary/aromatic N) is 1. The Morgan fingerprint density at radius 3 is 2.81 bits per heavy atom. The highest BCUT2D eigenvalue weighted by molar-refractivity contribution is 7.98. The van der Waals surface area contributed by atoms with Crippen LogP contribution in [0.25, 0.3) is 0 Å². The summed E-state index contributed by atoms with van der Waals surface area (Å²) in [5.74, 6) is 4.06. The molecular formula is C22H38N4O4S. The normalized spacial score (nSPS) is 17.4. The van der Waals surface area contributed by atoms with Crippen molar-refractivity contribution in [1.29, 1.82) is 0 Å². The number of carbonyl (C=O) groups is 1. The average Bonchev–Trinajstić information content (AvgIpc) is 2.69. The first-order valence-electron chi connectivity index (χ1n) is 11.2. The second-order valence-corrected chi connectivity index (χ2v) is 10.9. The molecule has 0 spiro atoms. The van der Waals surface area contributed by atoms with Crippen LogP contribution in [-0.2, 0) is 27.3 Å². The summed E-state index contributed by atoms with van der Waals surface area (Å²) < 4.78 is 15.1. The first-order chi connectivity index (χ1) is 14.7. The number of hydrogen-bond donors (Lipinski definition) is 5. The molecule has 0 radical (unpaired) electrons. The van der Waals surface area contributed by atoms with Crippen LogP contribution < -0.4 is 15.4 Å². The lowest BCUT2D eigenvalue weighted by molar-refractivity contribution is -0.139. The van der Waals surface area contributed by atoms with E-state index in [2.05, 4.69) is 38.3 Å². The lowest BCUT2D eigenvalue weighted by atomic mass is 10.1. The van der Waals surface area contributed by atoms with Gasteiger partial charge in [-0.3, -0.25) is 14.3 Å². The SMILES string of the molecule is C=S(=O)(CC(C)C)NC(CCNC(O)CCCCc1ccc2c(n1)NCCC2)C(=O)O. The van der Waals surface area contributed by atoms with E-state index in [9.17, 15) is 19.2 Å². The van der Waals surface area contributed by atoms with Crippen molar-refractivity contribution in [3.05, 3.63) is 23.4 Å². The van der Waals surface area contributed by atoms with Gasteiger partial charge in [-0.25, -0.2) is 9.71 Å². The number of aryl methyl sites for hydroxylation is 2. The Kier molecular flexibility index (Phi) is 10.2. The summed E-state index contributed by atoms with van der Waals surface area (Å²) in [7, 11) is -2.66. The number of aliphatic hydroxyl groups excluding tert-OH is 1. The molecule has 3 unspecified atom stereocenters. The van der Waals surface area contributed by atoms with E-state index < -0.39 is 27.9 Å². The third-order valence-corrected chi connectivity index (χ3v) is 7.10. The largest absolute Gasteiger partial charge is 0.480 e. The summed E-state index contributed by atoms with van der Waals surface area (Å²) in [6.07, 6.45) is 4.93. The minimum atomic E-state index is -2.66. The summed E-state index contributed by atoms with van der Waals surface area (Å²) in [4.78, 5) is 16.1. The minimum Gasteiger partial charge on any atom is -0.480 e. The van der Waals surface area contributed by atoms with E-state index in [0.717, 1.165) is 50.2 Å². The summed E-state index contributed by atoms with van der Waals surface area (Å²) in [5.41, 5.74) is 2.34. The van der Waals surface area contributed by atoms with Gasteiger partial charge in [-0.1, -0.05) is 19.9 Å². The molecule has 2 rings (SSSR count). The van der Waals surface area contributed by atoms with E-state index in [4.69, 9.17) is 0 Å². The van der Waals surface area contributed by atoms with E-state index >= 15 is 0 Å². The van der Waals surface area contributed by atoms with Crippen LogP contribution >= 0.6 is 0 Å². The van der Waals surface area contributed by atoms with Crippen molar-refractivity contribution >= 4 is 27.4 Å². The first kappa shape index (κ1) is 25.6. The van der Waals surface area contributed by atoms with Crippen LogP contribution in [0.2, 0.25) is 0 Å². The molecule has 1 aromatic rings. The molecule has 2 heterocycles. The van der Waals surface area contributed by atoms with Crippen molar-refractivity contribution in [3.63, 3.8) is 0 Å². The van der Waals surface area contributed by atoms with Crippen LogP contribution in [0, 0.1) is 5.92 Å². The number of unbranched alkanes of at least 4 members (excludes halogenated alkanes) is 1. The molecular weight excluding hydrogens is 416 g/mol. The second-order valence-electron chi connectivity index (χ2n) is 8.73. The minimum absolute atomic E-state index is 0.152. The number of pyridine rings is 1. The molecule has 0 aliphatic carbocycles. The first-order valence-corrected chi connectivity index (χ1v) is 13.0. The van der Waals surface area contributed by atoms with Crippen molar-refractivity contribution < 1.29 is 19.2 Å². The van der Waals surface area contributed by atoms with Gasteiger partial charge in [0.1, 0.15) is 18.1 Å². The number of aliphatic carboxylic acids is 1. The zero-order valence-electron chi connectivity index (χ0n) is 18.7. The Morgan fingerprint density at radius 1 is 1.32 bits per heavy atom. The predicted molar refractivity (Wildman–Crippen MR) is 127 cm³/mol. The van der Waals surface area contributed by atoms with Gasteiger partial charge in [0.25, 0.3) is 0 Å². The highest BCUT2D eigenvalue weighted by atomic mass is 32.2. The van der Waals surface area contributed by atoms with Crippen molar-refractivity contribution in [2.75, 3.05) is 24.2 Å². The predicted octanol–water partition coefficient (Wildman–Crippen LogP) is 1.78. The number of aliphatic hydroxyl groups is 1. The van der Waals surface area contributed by atoms with Crippen LogP contribution in [0.3, 0.4) is 0 Å². The molecule has 0 bridgehead atoms. The molecule has 1 aromatic heterocycles. The quantitative estimate of drug-likeness (QED) is 0.165. The third-order valence-electron chi connectivity index (χ3n) is 5.18. The van der Waals surface area contributed by atoms with E-state index in [1.54, 1.807) is 0 Å². The Bertz CT molecular complexity index is 814. The van der Waals surface area contributed by atoms with Gasteiger partial charge in [0.15, 0.2) is 0 Å². The van der Waals surface area contributed by atoms with Crippen LogP contribution in [0.15, 0.2) is 12.1 Å². The smallest absolute Gasteiger partial charge is 0.321 e. The fraction of sp³-hybridized carbons (Fsp3) is 0.682. The summed E-state index contributed by atoms with van der Waals surface area (Å²) >= 11 is 0. The topological polar surface area (TPSA) is 124 Å². The fourth-order valence-electron chi connectivity index (χ4n) is 3.73. The lowest BCUT2D eigenvalue weighted by Gasteiger charge is -2.20. The van der Waals surface area contributed by atoms with E-state index in [0.29, 0.717) is 18.7 Å². The average molecular weight is 455 g/mol. The molecule has 176 valence electrons. The van der Waals surface area contributed by atoms with Crippen LogP contribution in [0.4, 0.5) is 5.82 Å². The van der Waals surface area contributed by atoms with Crippen LogP contribution in [-0.4, -0.2) is 62.4 Å². The van der Waals surface area contributed by atoms with Gasteiger partial charge >= 0.3 is 5.97 Å². The molecule has 0 amide bonds. The van der Waals surface area contributed by atoms with E-state index in [1.807, 2.05) is 13.8 Å². The van der Waals surface area contributed by atoms with Crippen molar-refractivity contribution in [1.82, 2.24) is 15.0 Å². The van der Waals surface area contributed by atoms with Crippen molar-refractivity contribution in [2.24, 2.45) is 5.92 Å². The molecule has 0 saturated heterocycles. The van der Waals surface area contributed by atoms with E-state index in [-0.39, 0.29) is 12.3 Å². The molecule has 3 atom stereocenters. The summed E-state index contributed by atoms with van der Waals surface area (Å²) in [6, 6.07) is 3.27. The van der Waals surface area contributed by atoms with Crippen molar-refractivity contribution in [3.8, 4) is 0 Å². The van der Waals surface area contributed by atoms with Crippen molar-refractivity contribution in [2.45, 2.75) is 71.1 Å². The van der Waals surface area contributed by atoms with Gasteiger partial charge in [-0.05, 0) is 74.9 Å². The van der Waals surface area contributed by atoms with Gasteiger partial charge in [0.2, 0.25) is 0 Å². The van der Waals surface area contributed by atoms with Gasteiger partial charge < -0.3 is 15.5 Å². The molecule has 1 aliphatic heterocycles. The monoisotopic (exact) mass is 454 g/mol. The number of fused-ring (bicyclic) bond motifs is 1. The zero-order valence-corrected chi connectivity index (χ0v) is 19.5. The highest BCUT2D eigenvalue weighted by Crippen LogP contribution is 2.20. The number of rotatable bonds is 14. The lowest BCUT2D eigenvalue weighted by Crippen LogP contribution is -2.44. The Hall–Kier alpha value is -1.68. The Labute approximate surface area is 186 Å². The highest BCUT2D eigenvalue weighted by Gasteiger charge is 2.21. The standard InChI is InChI=1S/C22H38N4O4S/c1-16(2)15-31(3,30)26-19(22(28)29)12-14-23-20(27)9-5-4-8-18-11-10-17-7-6-13-24-21(17)25-18/h10-11,16,19-20,23,27H,3-9,12-15H2,1-2H3,(H,24,25)(H,26,30)(H,28,29). The Morgan fingerprint density at radius 2 is 2.10 bits per heavy atom. The summed E-state index contributed by atoms with van der Waals surface area (Å²) in [6.45, 7) is 5.11. The number of aromatic nitrogens is 1. The third kappa shape index (κ3) is 9.55. The molecule has 31 heavy (non-hydrogen) atoms. The number of carboxylic acids is 1. The van der Waals surface area contributed by atoms with Gasteiger partial charge in [0, 0.05) is 27.7 Å². The molecule has 0 fully saturated rings. The second kappa shape index (κ2) is 12.4. The molecule has 9 heteroatoms. The number of nitrogens with one attached hydrogen (secondary N) is 3. The molecule has 1 aliphatic rings. The van der Waals surface area contributed by atoms with Gasteiger partial charge in [-0.2, -0.15) is 0 Å². The summed E-state index contributed by atoms with van der Waals surface area (Å²) in [5, 5.41) is 25.8. The Balaban J connectivity index is 1.65. The maximum Gasteiger partial charge on any atom is 0.321 e. The number of hydrogen-bond acceptors (Lipinski definition) is 6. The molecule has 0 saturated carbocycles. The van der Waals surface area contributed by atoms with Gasteiger partial charge in [0.05, 0.1) is 0 Å². The zero-order chi connectivity index (χ0) is 22.9. The van der Waals surface area contributed by atoms with Crippen LogP contribution in [0.1, 0.15) is 57.2 Å². The van der Waals surface area contributed by atoms with Gasteiger partial charge in [-0.15, -0.1) is 0 Å². The van der Waals surface area contributed by atoms with Crippen LogP contribution in [0.5, 0.6) is 0 Å². The molecule has 8 nitrogen and oxygen atoms in total. The molecule has 5 N–H and O–H groups in total. The fourth-order valence-corrected chi connectivity index (χ4v) is 5.64.